The van der Waals surface area contributed by atoms with Gasteiger partial charge >= 0.3 is 0 Å². The molecule has 0 spiro atoms. The Morgan fingerprint density at radius 1 is 1.15 bits per heavy atom. The highest BCUT2D eigenvalue weighted by molar-refractivity contribution is 5.50. The maximum atomic E-state index is 13.8. The number of ether oxygens (including phenoxy) is 1. The van der Waals surface area contributed by atoms with E-state index >= 15 is 0 Å². The third-order valence-corrected chi connectivity index (χ3v) is 3.70. The van der Waals surface area contributed by atoms with Crippen LogP contribution in [0.1, 0.15) is 30.0 Å². The summed E-state index contributed by atoms with van der Waals surface area (Å²) in [4.78, 5) is 0. The van der Waals surface area contributed by atoms with E-state index in [0.29, 0.717) is 12.3 Å². The minimum atomic E-state index is -0.216. The molecule has 20 heavy (non-hydrogen) atoms. The van der Waals surface area contributed by atoms with Crippen molar-refractivity contribution in [3.8, 4) is 5.75 Å². The number of para-hydroxylation sites is 2. The van der Waals surface area contributed by atoms with Gasteiger partial charge < -0.3 is 10.1 Å². The van der Waals surface area contributed by atoms with Crippen LogP contribution in [-0.4, -0.2) is 6.61 Å². The number of hydrogen-bond acceptors (Lipinski definition) is 2. The Morgan fingerprint density at radius 3 is 2.85 bits per heavy atom. The van der Waals surface area contributed by atoms with Gasteiger partial charge in [-0.15, -0.1) is 0 Å². The standard InChI is InChI=1S/C17H18FNO/c1-12-6-4-7-13-15(10-5-11-20-17(12)13)19-16-9-3-2-8-14(16)18/h2-4,6-9,15,19H,5,10-11H2,1H3. The SMILES string of the molecule is Cc1cccc2c1OCCCC2Nc1ccccc1F. The molecule has 1 N–H and O–H groups in total. The molecule has 1 unspecified atom stereocenters. The summed E-state index contributed by atoms with van der Waals surface area (Å²) in [5, 5.41) is 3.32. The molecule has 1 aliphatic heterocycles. The first-order valence-corrected chi connectivity index (χ1v) is 6.99. The number of anilines is 1. The zero-order valence-electron chi connectivity index (χ0n) is 11.5. The summed E-state index contributed by atoms with van der Waals surface area (Å²) in [6.07, 6.45) is 1.89. The molecule has 104 valence electrons. The predicted octanol–water partition coefficient (Wildman–Crippen LogP) is 4.46. The zero-order chi connectivity index (χ0) is 13.9. The van der Waals surface area contributed by atoms with E-state index in [2.05, 4.69) is 11.4 Å². The van der Waals surface area contributed by atoms with Crippen LogP contribution in [0.5, 0.6) is 5.75 Å². The summed E-state index contributed by atoms with van der Waals surface area (Å²) < 4.78 is 19.7. The number of benzene rings is 2. The molecule has 1 atom stereocenters. The van der Waals surface area contributed by atoms with Crippen molar-refractivity contribution in [3.05, 3.63) is 59.4 Å². The second-order valence-electron chi connectivity index (χ2n) is 5.16. The molecule has 0 bridgehead atoms. The van der Waals surface area contributed by atoms with Gasteiger partial charge in [-0.3, -0.25) is 0 Å². The van der Waals surface area contributed by atoms with Crippen molar-refractivity contribution in [2.45, 2.75) is 25.8 Å². The van der Waals surface area contributed by atoms with E-state index in [-0.39, 0.29) is 11.9 Å². The molecule has 1 heterocycles. The Kier molecular flexibility index (Phi) is 3.59. The Hall–Kier alpha value is -2.03. The highest BCUT2D eigenvalue weighted by atomic mass is 19.1. The van der Waals surface area contributed by atoms with Crippen LogP contribution in [-0.2, 0) is 0 Å². The van der Waals surface area contributed by atoms with Crippen LogP contribution in [0.3, 0.4) is 0 Å². The van der Waals surface area contributed by atoms with E-state index in [1.165, 1.54) is 6.07 Å². The minimum Gasteiger partial charge on any atom is -0.493 e. The summed E-state index contributed by atoms with van der Waals surface area (Å²) in [7, 11) is 0. The lowest BCUT2D eigenvalue weighted by Crippen LogP contribution is -2.11. The highest BCUT2D eigenvalue weighted by Gasteiger charge is 2.21. The van der Waals surface area contributed by atoms with Crippen LogP contribution >= 0.6 is 0 Å². The van der Waals surface area contributed by atoms with Crippen LogP contribution in [0.2, 0.25) is 0 Å². The molecule has 0 radical (unpaired) electrons. The Morgan fingerprint density at radius 2 is 2.00 bits per heavy atom. The average molecular weight is 271 g/mol. The molecule has 0 saturated carbocycles. The molecule has 0 fully saturated rings. The van der Waals surface area contributed by atoms with Gasteiger partial charge in [0.1, 0.15) is 11.6 Å². The van der Waals surface area contributed by atoms with Gasteiger partial charge in [0.25, 0.3) is 0 Å². The van der Waals surface area contributed by atoms with Gasteiger partial charge in [0, 0.05) is 5.56 Å². The Labute approximate surface area is 118 Å². The molecular formula is C17H18FNO. The second-order valence-corrected chi connectivity index (χ2v) is 5.16. The van der Waals surface area contributed by atoms with Crippen LogP contribution in [0, 0.1) is 12.7 Å². The summed E-state index contributed by atoms with van der Waals surface area (Å²) in [6.45, 7) is 2.76. The highest BCUT2D eigenvalue weighted by Crippen LogP contribution is 2.36. The average Bonchev–Trinajstić information content (AvgIpc) is 2.65. The van der Waals surface area contributed by atoms with Crippen molar-refractivity contribution in [3.63, 3.8) is 0 Å². The molecule has 2 aromatic carbocycles. The third-order valence-electron chi connectivity index (χ3n) is 3.70. The fraction of sp³-hybridized carbons (Fsp3) is 0.294. The van der Waals surface area contributed by atoms with Gasteiger partial charge in [0.2, 0.25) is 0 Å². The number of hydrogen-bond donors (Lipinski definition) is 1. The molecule has 2 aromatic rings. The Bertz CT molecular complexity index is 612. The zero-order valence-corrected chi connectivity index (χ0v) is 11.5. The number of rotatable bonds is 2. The number of aryl methyl sites for hydroxylation is 1. The molecule has 2 nitrogen and oxygen atoms in total. The molecule has 3 rings (SSSR count). The summed E-state index contributed by atoms with van der Waals surface area (Å²) in [5.74, 6) is 0.728. The molecule has 0 amide bonds. The minimum absolute atomic E-state index is 0.0873. The van der Waals surface area contributed by atoms with E-state index in [4.69, 9.17) is 4.74 Å². The molecular weight excluding hydrogens is 253 g/mol. The molecule has 0 aromatic heterocycles. The van der Waals surface area contributed by atoms with Crippen molar-refractivity contribution in [1.29, 1.82) is 0 Å². The summed E-state index contributed by atoms with van der Waals surface area (Å²) in [5.41, 5.74) is 2.79. The van der Waals surface area contributed by atoms with Crippen molar-refractivity contribution >= 4 is 5.69 Å². The molecule has 0 aliphatic carbocycles. The van der Waals surface area contributed by atoms with E-state index in [1.54, 1.807) is 12.1 Å². The lowest BCUT2D eigenvalue weighted by Gasteiger charge is -2.20. The van der Waals surface area contributed by atoms with Crippen LogP contribution in [0.25, 0.3) is 0 Å². The lowest BCUT2D eigenvalue weighted by molar-refractivity contribution is 0.314. The van der Waals surface area contributed by atoms with Crippen LogP contribution in [0.15, 0.2) is 42.5 Å². The van der Waals surface area contributed by atoms with Gasteiger partial charge in [0.15, 0.2) is 0 Å². The quantitative estimate of drug-likeness (QED) is 0.870. The van der Waals surface area contributed by atoms with Gasteiger partial charge in [-0.1, -0.05) is 30.3 Å². The van der Waals surface area contributed by atoms with Gasteiger partial charge in [-0.2, -0.15) is 0 Å². The molecule has 1 aliphatic rings. The third kappa shape index (κ3) is 2.48. The van der Waals surface area contributed by atoms with Gasteiger partial charge in [-0.25, -0.2) is 4.39 Å². The lowest BCUT2D eigenvalue weighted by atomic mass is 9.99. The topological polar surface area (TPSA) is 21.3 Å². The van der Waals surface area contributed by atoms with Crippen molar-refractivity contribution in [2.75, 3.05) is 11.9 Å². The Balaban J connectivity index is 1.95. The van der Waals surface area contributed by atoms with Crippen molar-refractivity contribution in [1.82, 2.24) is 0 Å². The van der Waals surface area contributed by atoms with Crippen molar-refractivity contribution < 1.29 is 9.13 Å². The molecule has 3 heteroatoms. The van der Waals surface area contributed by atoms with E-state index in [1.807, 2.05) is 25.1 Å². The first kappa shape index (κ1) is 13.0. The first-order valence-electron chi connectivity index (χ1n) is 6.99. The van der Waals surface area contributed by atoms with Crippen LogP contribution in [0.4, 0.5) is 10.1 Å². The van der Waals surface area contributed by atoms with Crippen LogP contribution < -0.4 is 10.1 Å². The fourth-order valence-corrected chi connectivity index (χ4v) is 2.68. The predicted molar refractivity (Wildman–Crippen MR) is 78.7 cm³/mol. The number of halogens is 1. The van der Waals surface area contributed by atoms with E-state index < -0.39 is 0 Å². The number of nitrogens with one attached hydrogen (secondary N) is 1. The normalized spacial score (nSPS) is 17.8. The summed E-state index contributed by atoms with van der Waals surface area (Å²) >= 11 is 0. The van der Waals surface area contributed by atoms with Gasteiger partial charge in [0.05, 0.1) is 18.3 Å². The van der Waals surface area contributed by atoms with Crippen molar-refractivity contribution in [2.24, 2.45) is 0 Å². The maximum Gasteiger partial charge on any atom is 0.146 e. The number of fused-ring (bicyclic) bond motifs is 1. The first-order chi connectivity index (χ1) is 9.75. The smallest absolute Gasteiger partial charge is 0.146 e. The monoisotopic (exact) mass is 271 g/mol. The largest absolute Gasteiger partial charge is 0.493 e. The molecule has 0 saturated heterocycles. The van der Waals surface area contributed by atoms with E-state index in [9.17, 15) is 4.39 Å². The fourth-order valence-electron chi connectivity index (χ4n) is 2.68. The maximum absolute atomic E-state index is 13.8. The summed E-state index contributed by atoms with van der Waals surface area (Å²) in [6, 6.07) is 13.0. The van der Waals surface area contributed by atoms with Gasteiger partial charge in [-0.05, 0) is 37.5 Å². The second kappa shape index (κ2) is 5.53. The van der Waals surface area contributed by atoms with E-state index in [0.717, 1.165) is 29.7 Å².